The van der Waals surface area contributed by atoms with Crippen LogP contribution in [0.1, 0.15) is 57.2 Å². The Hall–Kier alpha value is -3.26. The maximum Gasteiger partial charge on any atom is 0.251 e. The molecule has 2 N–H and O–H groups in total. The lowest BCUT2D eigenvalue weighted by molar-refractivity contribution is -0.134. The molecule has 1 heterocycles. The normalized spacial score (nSPS) is 15.5. The standard InChI is InChI=1S/C28H39N5O3/c1-28(21-34)16-19-33(20-17-28)26(35)7-5-4-6-18-29-27(36)22-8-10-23(11-9-22)30-31-24-12-14-25(15-13-24)32(2)3/h8-15,34H,4-7,16-21H2,1-3H3,(H,29,36)/i1T. The van der Waals surface area contributed by atoms with Crippen LogP contribution in [0.3, 0.4) is 0 Å². The quantitative estimate of drug-likeness (QED) is 0.336. The largest absolute Gasteiger partial charge is 0.396 e. The molecular formula is C28H39N5O3. The van der Waals surface area contributed by atoms with Crippen LogP contribution in [-0.4, -0.2) is 62.2 Å². The lowest BCUT2D eigenvalue weighted by Gasteiger charge is -2.38. The number of nitrogens with zero attached hydrogens (tertiary/aromatic N) is 4. The second kappa shape index (κ2) is 13.2. The van der Waals surface area contributed by atoms with Gasteiger partial charge in [-0.3, -0.25) is 9.59 Å². The van der Waals surface area contributed by atoms with E-state index < -0.39 is 0 Å². The Morgan fingerprint density at radius 1 is 1.00 bits per heavy atom. The Balaban J connectivity index is 1.32. The highest BCUT2D eigenvalue weighted by Crippen LogP contribution is 2.30. The van der Waals surface area contributed by atoms with Crippen molar-refractivity contribution in [3.63, 3.8) is 0 Å². The second-order valence-electron chi connectivity index (χ2n) is 9.76. The first kappa shape index (κ1) is 25.8. The van der Waals surface area contributed by atoms with E-state index in [9.17, 15) is 14.7 Å². The van der Waals surface area contributed by atoms with Crippen LogP contribution in [0.2, 0.25) is 0 Å². The Morgan fingerprint density at radius 3 is 2.17 bits per heavy atom. The number of anilines is 1. The van der Waals surface area contributed by atoms with E-state index >= 15 is 0 Å². The van der Waals surface area contributed by atoms with Crippen molar-refractivity contribution in [1.82, 2.24) is 10.2 Å². The average molecular weight is 496 g/mol. The van der Waals surface area contributed by atoms with Gasteiger partial charge >= 0.3 is 0 Å². The highest BCUT2D eigenvalue weighted by Gasteiger charge is 2.30. The summed E-state index contributed by atoms with van der Waals surface area (Å²) in [6.45, 7) is 2.03. The van der Waals surface area contributed by atoms with Crippen LogP contribution >= 0.6 is 0 Å². The average Bonchev–Trinajstić information content (AvgIpc) is 2.94. The summed E-state index contributed by atoms with van der Waals surface area (Å²) in [4.78, 5) is 28.7. The van der Waals surface area contributed by atoms with Crippen LogP contribution in [0.5, 0.6) is 0 Å². The van der Waals surface area contributed by atoms with Crippen molar-refractivity contribution < 1.29 is 16.1 Å². The molecule has 2 aromatic carbocycles. The topological polar surface area (TPSA) is 97.6 Å². The maximum absolute atomic E-state index is 12.4. The molecule has 2 amide bonds. The summed E-state index contributed by atoms with van der Waals surface area (Å²) in [5.74, 6) is 0.0114. The summed E-state index contributed by atoms with van der Waals surface area (Å²) in [5, 5.41) is 21.0. The zero-order chi connectivity index (χ0) is 26.7. The van der Waals surface area contributed by atoms with E-state index in [1.54, 1.807) is 24.3 Å². The number of rotatable bonds is 11. The molecule has 8 heteroatoms. The zero-order valence-electron chi connectivity index (χ0n) is 22.4. The molecule has 0 bridgehead atoms. The van der Waals surface area contributed by atoms with E-state index in [1.165, 1.54) is 0 Å². The van der Waals surface area contributed by atoms with Gasteiger partial charge in [-0.05, 0) is 79.6 Å². The molecule has 1 fully saturated rings. The summed E-state index contributed by atoms with van der Waals surface area (Å²) in [5.41, 5.74) is 2.77. The molecule has 3 rings (SSSR count). The Bertz CT molecular complexity index is 1030. The Morgan fingerprint density at radius 2 is 1.61 bits per heavy atom. The summed E-state index contributed by atoms with van der Waals surface area (Å²) in [7, 11) is 3.97. The molecule has 0 unspecified atom stereocenters. The molecule has 1 aliphatic heterocycles. The van der Waals surface area contributed by atoms with E-state index in [1.807, 2.05) is 48.2 Å². The molecule has 1 aliphatic rings. The molecule has 194 valence electrons. The van der Waals surface area contributed by atoms with Crippen molar-refractivity contribution in [2.75, 3.05) is 45.2 Å². The van der Waals surface area contributed by atoms with E-state index in [0.717, 1.165) is 30.6 Å². The highest BCUT2D eigenvalue weighted by molar-refractivity contribution is 5.94. The van der Waals surface area contributed by atoms with Crippen LogP contribution < -0.4 is 10.2 Å². The zero-order valence-corrected chi connectivity index (χ0v) is 21.4. The first-order chi connectivity index (χ1) is 17.9. The van der Waals surface area contributed by atoms with Crippen LogP contribution in [0, 0.1) is 5.41 Å². The number of unbranched alkanes of at least 4 members (excludes halogenated alkanes) is 2. The Labute approximate surface area is 215 Å². The molecule has 0 aromatic heterocycles. The molecule has 0 spiro atoms. The third-order valence-electron chi connectivity index (χ3n) is 6.64. The van der Waals surface area contributed by atoms with Crippen molar-refractivity contribution in [3.05, 3.63) is 54.1 Å². The number of amides is 2. The second-order valence-corrected chi connectivity index (χ2v) is 9.76. The van der Waals surface area contributed by atoms with Gasteiger partial charge in [-0.25, -0.2) is 0 Å². The van der Waals surface area contributed by atoms with Crippen molar-refractivity contribution in [3.8, 4) is 0 Å². The molecule has 8 nitrogen and oxygen atoms in total. The molecule has 0 radical (unpaired) electrons. The van der Waals surface area contributed by atoms with Crippen molar-refractivity contribution in [2.24, 2.45) is 15.6 Å². The monoisotopic (exact) mass is 495 g/mol. The number of benzene rings is 2. The minimum Gasteiger partial charge on any atom is -0.396 e. The number of azo groups is 1. The number of aliphatic hydroxyl groups is 1. The number of hydrogen-bond donors (Lipinski definition) is 2. The first-order valence-corrected chi connectivity index (χ1v) is 12.6. The summed E-state index contributed by atoms with van der Waals surface area (Å²) in [6.07, 6.45) is 4.34. The van der Waals surface area contributed by atoms with Gasteiger partial charge in [-0.15, -0.1) is 0 Å². The third-order valence-corrected chi connectivity index (χ3v) is 6.64. The van der Waals surface area contributed by atoms with Gasteiger partial charge in [-0.1, -0.05) is 13.3 Å². The van der Waals surface area contributed by atoms with Gasteiger partial charge < -0.3 is 20.2 Å². The molecule has 0 atom stereocenters. The molecule has 2 aromatic rings. The fourth-order valence-electron chi connectivity index (χ4n) is 4.04. The molecule has 36 heavy (non-hydrogen) atoms. The van der Waals surface area contributed by atoms with Gasteiger partial charge in [0, 0.05) is 59.4 Å². The molecular weight excluding hydrogens is 454 g/mol. The number of likely N-dealkylation sites (tertiary alicyclic amines) is 1. The number of nitrogens with one attached hydrogen (secondary N) is 1. The van der Waals surface area contributed by atoms with Gasteiger partial charge in [0.15, 0.2) is 0 Å². The lowest BCUT2D eigenvalue weighted by Crippen LogP contribution is -2.43. The number of piperidine rings is 1. The maximum atomic E-state index is 12.4. The molecule has 0 saturated carbocycles. The summed E-state index contributed by atoms with van der Waals surface area (Å²) < 4.78 is 7.65. The first-order valence-electron chi connectivity index (χ1n) is 13.3. The van der Waals surface area contributed by atoms with Crippen molar-refractivity contribution >= 4 is 28.9 Å². The van der Waals surface area contributed by atoms with Crippen LogP contribution in [-0.2, 0) is 4.79 Å². The number of carbonyl (C=O) groups excluding carboxylic acids is 2. The van der Waals surface area contributed by atoms with Crippen molar-refractivity contribution in [1.29, 1.82) is 0 Å². The fourth-order valence-corrected chi connectivity index (χ4v) is 4.04. The van der Waals surface area contributed by atoms with Gasteiger partial charge in [0.2, 0.25) is 5.91 Å². The van der Waals surface area contributed by atoms with E-state index in [4.69, 9.17) is 1.37 Å². The van der Waals surface area contributed by atoms with Gasteiger partial charge in [0.1, 0.15) is 0 Å². The smallest absolute Gasteiger partial charge is 0.251 e. The third kappa shape index (κ3) is 8.16. The molecule has 1 saturated heterocycles. The van der Waals surface area contributed by atoms with E-state index in [2.05, 4.69) is 15.5 Å². The number of aliphatic hydroxyl groups excluding tert-OH is 1. The lowest BCUT2D eigenvalue weighted by atomic mass is 9.81. The van der Waals surface area contributed by atoms with Gasteiger partial charge in [0.25, 0.3) is 5.91 Å². The SMILES string of the molecule is [3H]CC1(CO)CCN(C(=O)CCCCCNC(=O)c2ccc(N=Nc3ccc(N(C)C)cc3)cc2)CC1. The minimum atomic E-state index is -0.335. The minimum absolute atomic E-state index is 0.0198. The van der Waals surface area contributed by atoms with Crippen LogP contribution in [0.15, 0.2) is 58.8 Å². The number of carbonyl (C=O) groups is 2. The van der Waals surface area contributed by atoms with E-state index in [-0.39, 0.29) is 30.7 Å². The van der Waals surface area contributed by atoms with Gasteiger partial charge in [0.05, 0.1) is 11.4 Å². The fraction of sp³-hybridized carbons (Fsp3) is 0.500. The predicted octanol–water partition coefficient (Wildman–Crippen LogP) is 5.08. The summed E-state index contributed by atoms with van der Waals surface area (Å²) >= 11 is 0. The van der Waals surface area contributed by atoms with Gasteiger partial charge in [-0.2, -0.15) is 10.2 Å². The van der Waals surface area contributed by atoms with Crippen LogP contribution in [0.4, 0.5) is 17.1 Å². The molecule has 0 aliphatic carbocycles. The van der Waals surface area contributed by atoms with E-state index in [0.29, 0.717) is 50.1 Å². The predicted molar refractivity (Wildman–Crippen MR) is 143 cm³/mol. The highest BCUT2D eigenvalue weighted by atomic mass is 16.3. The Kier molecular flexibility index (Phi) is 9.44. The summed E-state index contributed by atoms with van der Waals surface area (Å²) in [6, 6.07) is 14.8. The van der Waals surface area contributed by atoms with Crippen molar-refractivity contribution in [2.45, 2.75) is 45.4 Å². The number of hydrogen-bond acceptors (Lipinski definition) is 6. The van der Waals surface area contributed by atoms with Crippen LogP contribution in [0.25, 0.3) is 0 Å².